The Balaban J connectivity index is 1.77. The third-order valence-electron chi connectivity index (χ3n) is 3.76. The van der Waals surface area contributed by atoms with E-state index in [4.69, 9.17) is 0 Å². The summed E-state index contributed by atoms with van der Waals surface area (Å²) in [5.41, 5.74) is 0.936. The molecule has 0 bridgehead atoms. The van der Waals surface area contributed by atoms with Crippen molar-refractivity contribution in [3.8, 4) is 10.6 Å². The summed E-state index contributed by atoms with van der Waals surface area (Å²) in [4.78, 5) is 16.6. The SMILES string of the molecule is Cc1nc(C)c(-c2ccc(=O)n(CCNS(=O)(=O)c3cc(F)cc(F)c3)n2)s1. The number of nitrogens with zero attached hydrogens (tertiary/aromatic N) is 3. The van der Waals surface area contributed by atoms with E-state index < -0.39 is 32.1 Å². The van der Waals surface area contributed by atoms with Crippen LogP contribution in [0, 0.1) is 25.5 Å². The number of aryl methyl sites for hydroxylation is 2. The van der Waals surface area contributed by atoms with Crippen LogP contribution < -0.4 is 10.3 Å². The molecule has 0 aliphatic carbocycles. The van der Waals surface area contributed by atoms with Gasteiger partial charge < -0.3 is 0 Å². The molecule has 0 saturated heterocycles. The predicted octanol–water partition coefficient (Wildman–Crippen LogP) is 2.24. The molecule has 11 heteroatoms. The van der Waals surface area contributed by atoms with Crippen LogP contribution in [-0.4, -0.2) is 29.7 Å². The van der Waals surface area contributed by atoms with Crippen LogP contribution in [0.4, 0.5) is 8.78 Å². The van der Waals surface area contributed by atoms with Crippen LogP contribution in [0.5, 0.6) is 0 Å². The van der Waals surface area contributed by atoms with Crippen molar-refractivity contribution in [2.24, 2.45) is 0 Å². The highest BCUT2D eigenvalue weighted by molar-refractivity contribution is 7.89. The van der Waals surface area contributed by atoms with Gasteiger partial charge in [0.1, 0.15) is 17.3 Å². The van der Waals surface area contributed by atoms with Crippen molar-refractivity contribution in [3.63, 3.8) is 0 Å². The van der Waals surface area contributed by atoms with Crippen molar-refractivity contribution in [1.82, 2.24) is 19.5 Å². The summed E-state index contributed by atoms with van der Waals surface area (Å²) in [5, 5.41) is 5.12. The number of hydrogen-bond acceptors (Lipinski definition) is 6. The number of aromatic nitrogens is 3. The smallest absolute Gasteiger partial charge is 0.266 e. The number of hydrogen-bond donors (Lipinski definition) is 1. The van der Waals surface area contributed by atoms with E-state index in [2.05, 4.69) is 14.8 Å². The minimum atomic E-state index is -4.14. The molecule has 1 aromatic carbocycles. The molecule has 7 nitrogen and oxygen atoms in total. The summed E-state index contributed by atoms with van der Waals surface area (Å²) in [6, 6.07) is 4.93. The molecule has 0 spiro atoms. The Bertz CT molecular complexity index is 1170. The van der Waals surface area contributed by atoms with Gasteiger partial charge in [0, 0.05) is 18.7 Å². The molecule has 1 N–H and O–H groups in total. The normalized spacial score (nSPS) is 11.7. The molecular formula is C17H16F2N4O3S2. The second-order valence-corrected chi connectivity index (χ2v) is 8.90. The van der Waals surface area contributed by atoms with Gasteiger partial charge in [-0.2, -0.15) is 5.10 Å². The monoisotopic (exact) mass is 426 g/mol. The van der Waals surface area contributed by atoms with Crippen molar-refractivity contribution >= 4 is 21.4 Å². The number of rotatable bonds is 6. The third kappa shape index (κ3) is 4.49. The van der Waals surface area contributed by atoms with Gasteiger partial charge in [-0.25, -0.2) is 31.6 Å². The van der Waals surface area contributed by atoms with Crippen molar-refractivity contribution in [2.75, 3.05) is 6.54 Å². The second-order valence-electron chi connectivity index (χ2n) is 5.93. The van der Waals surface area contributed by atoms with Gasteiger partial charge in [-0.1, -0.05) is 0 Å². The fourth-order valence-corrected chi connectivity index (χ4v) is 4.50. The van der Waals surface area contributed by atoms with Crippen LogP contribution in [0.3, 0.4) is 0 Å². The molecule has 0 aliphatic rings. The van der Waals surface area contributed by atoms with Crippen LogP contribution in [-0.2, 0) is 16.6 Å². The molecule has 0 fully saturated rings. The lowest BCUT2D eigenvalue weighted by atomic mass is 10.3. The summed E-state index contributed by atoms with van der Waals surface area (Å²) in [7, 11) is -4.14. The van der Waals surface area contributed by atoms with Gasteiger partial charge in [-0.3, -0.25) is 4.79 Å². The van der Waals surface area contributed by atoms with Gasteiger partial charge in [-0.05, 0) is 32.0 Å². The number of thiazole rings is 1. The predicted molar refractivity (Wildman–Crippen MR) is 101 cm³/mol. The van der Waals surface area contributed by atoms with Crippen molar-refractivity contribution in [2.45, 2.75) is 25.3 Å². The molecule has 0 atom stereocenters. The van der Waals surface area contributed by atoms with Crippen LogP contribution in [0.2, 0.25) is 0 Å². The van der Waals surface area contributed by atoms with Crippen LogP contribution in [0.15, 0.2) is 40.0 Å². The summed E-state index contributed by atoms with van der Waals surface area (Å²) < 4.78 is 54.2. The van der Waals surface area contributed by atoms with Gasteiger partial charge in [-0.15, -0.1) is 11.3 Å². The van der Waals surface area contributed by atoms with E-state index in [1.807, 2.05) is 13.8 Å². The maximum Gasteiger partial charge on any atom is 0.266 e. The van der Waals surface area contributed by atoms with Crippen molar-refractivity contribution in [3.05, 3.63) is 63.0 Å². The number of sulfonamides is 1. The molecule has 0 aliphatic heterocycles. The lowest BCUT2D eigenvalue weighted by molar-refractivity contribution is 0.543. The Kier molecular flexibility index (Phi) is 5.68. The van der Waals surface area contributed by atoms with Gasteiger partial charge in [0.05, 0.1) is 27.0 Å². The Morgan fingerprint density at radius 2 is 1.82 bits per heavy atom. The van der Waals surface area contributed by atoms with Crippen molar-refractivity contribution in [1.29, 1.82) is 0 Å². The van der Waals surface area contributed by atoms with E-state index in [-0.39, 0.29) is 13.1 Å². The van der Waals surface area contributed by atoms with Crippen LogP contribution in [0.25, 0.3) is 10.6 Å². The standard InChI is InChI=1S/C17H16F2N4O3S2/c1-10-17(27-11(2)21-10)15-3-4-16(24)23(22-15)6-5-20-28(25,26)14-8-12(18)7-13(19)9-14/h3-4,7-9,20H,5-6H2,1-2H3. The Labute approximate surface area is 163 Å². The lowest BCUT2D eigenvalue weighted by Crippen LogP contribution is -2.32. The maximum absolute atomic E-state index is 13.2. The third-order valence-corrected chi connectivity index (χ3v) is 6.30. The minimum Gasteiger partial charge on any atom is -0.268 e. The summed E-state index contributed by atoms with van der Waals surface area (Å²) in [6.07, 6.45) is 0. The lowest BCUT2D eigenvalue weighted by Gasteiger charge is -2.09. The molecule has 2 aromatic heterocycles. The van der Waals surface area contributed by atoms with E-state index in [0.717, 1.165) is 20.3 Å². The first-order valence-electron chi connectivity index (χ1n) is 8.14. The highest BCUT2D eigenvalue weighted by Gasteiger charge is 2.16. The molecule has 3 rings (SSSR count). The molecule has 148 valence electrons. The summed E-state index contributed by atoms with van der Waals surface area (Å²) >= 11 is 1.44. The highest BCUT2D eigenvalue weighted by Crippen LogP contribution is 2.27. The molecule has 2 heterocycles. The van der Waals surface area contributed by atoms with E-state index in [1.54, 1.807) is 6.07 Å². The molecular weight excluding hydrogens is 410 g/mol. The van der Waals surface area contributed by atoms with Crippen LogP contribution >= 0.6 is 11.3 Å². The average Bonchev–Trinajstić information content (AvgIpc) is 2.94. The first-order chi connectivity index (χ1) is 13.2. The largest absolute Gasteiger partial charge is 0.268 e. The van der Waals surface area contributed by atoms with Crippen molar-refractivity contribution < 1.29 is 17.2 Å². The topological polar surface area (TPSA) is 94.0 Å². The molecule has 0 radical (unpaired) electrons. The Morgan fingerprint density at radius 1 is 1.14 bits per heavy atom. The Morgan fingerprint density at radius 3 is 2.43 bits per heavy atom. The van der Waals surface area contributed by atoms with Gasteiger partial charge in [0.15, 0.2) is 0 Å². The number of halogens is 2. The zero-order valence-electron chi connectivity index (χ0n) is 14.9. The van der Waals surface area contributed by atoms with E-state index in [0.29, 0.717) is 23.9 Å². The molecule has 0 saturated carbocycles. The quantitative estimate of drug-likeness (QED) is 0.653. The zero-order chi connectivity index (χ0) is 20.5. The Hall–Kier alpha value is -2.50. The second kappa shape index (κ2) is 7.86. The number of nitrogens with one attached hydrogen (secondary N) is 1. The molecule has 3 aromatic rings. The maximum atomic E-state index is 13.2. The highest BCUT2D eigenvalue weighted by atomic mass is 32.2. The fourth-order valence-electron chi connectivity index (χ4n) is 2.55. The van der Waals surface area contributed by atoms with E-state index in [9.17, 15) is 22.0 Å². The average molecular weight is 426 g/mol. The van der Waals surface area contributed by atoms with Gasteiger partial charge >= 0.3 is 0 Å². The van der Waals surface area contributed by atoms with Gasteiger partial charge in [0.25, 0.3) is 5.56 Å². The summed E-state index contributed by atoms with van der Waals surface area (Å²) in [6.45, 7) is 3.46. The van der Waals surface area contributed by atoms with Crippen LogP contribution in [0.1, 0.15) is 10.7 Å². The first kappa shape index (κ1) is 20.2. The first-order valence-corrected chi connectivity index (χ1v) is 10.4. The fraction of sp³-hybridized carbons (Fsp3) is 0.235. The molecule has 0 unspecified atom stereocenters. The molecule has 0 amide bonds. The minimum absolute atomic E-state index is 0.0550. The van der Waals surface area contributed by atoms with E-state index >= 15 is 0 Å². The molecule has 28 heavy (non-hydrogen) atoms. The summed E-state index contributed by atoms with van der Waals surface area (Å²) in [5.74, 6) is -2.00. The van der Waals surface area contributed by atoms with E-state index in [1.165, 1.54) is 17.4 Å². The van der Waals surface area contributed by atoms with Gasteiger partial charge in [0.2, 0.25) is 10.0 Å². The zero-order valence-corrected chi connectivity index (χ0v) is 16.6. The number of benzene rings is 1.